The van der Waals surface area contributed by atoms with Gasteiger partial charge in [-0.15, -0.1) is 0 Å². The van der Waals surface area contributed by atoms with Gasteiger partial charge in [0, 0.05) is 18.8 Å². The van der Waals surface area contributed by atoms with Crippen molar-refractivity contribution in [2.24, 2.45) is 0 Å². The summed E-state index contributed by atoms with van der Waals surface area (Å²) in [6.07, 6.45) is 1.03. The average molecular weight is 433 g/mol. The standard InChI is InChI=1S/C23H32N2O4S/c1-6-23(4,5)18-9-13-20(14-10-18)29-17-22(26)24-19-11-15-21(16-12-19)30(27,28)25(7-2)8-3/h9-16H,6-8,17H2,1-5H3,(H,24,26). The Hall–Kier alpha value is -2.38. The molecule has 2 rings (SSSR count). The summed E-state index contributed by atoms with van der Waals surface area (Å²) < 4.78 is 32.0. The summed E-state index contributed by atoms with van der Waals surface area (Å²) >= 11 is 0. The van der Waals surface area contributed by atoms with E-state index in [0.29, 0.717) is 24.5 Å². The first-order chi connectivity index (χ1) is 14.1. The highest BCUT2D eigenvalue weighted by molar-refractivity contribution is 7.89. The molecule has 1 amide bonds. The van der Waals surface area contributed by atoms with Crippen molar-refractivity contribution in [1.29, 1.82) is 0 Å². The first-order valence-electron chi connectivity index (χ1n) is 10.3. The topological polar surface area (TPSA) is 75.7 Å². The van der Waals surface area contributed by atoms with Gasteiger partial charge in [0.05, 0.1) is 4.90 Å². The molecule has 2 aromatic carbocycles. The van der Waals surface area contributed by atoms with Crippen LogP contribution < -0.4 is 10.1 Å². The van der Waals surface area contributed by atoms with E-state index < -0.39 is 10.0 Å². The van der Waals surface area contributed by atoms with Crippen LogP contribution in [0.3, 0.4) is 0 Å². The zero-order valence-corrected chi connectivity index (χ0v) is 19.3. The molecule has 0 heterocycles. The van der Waals surface area contributed by atoms with E-state index in [4.69, 9.17) is 4.74 Å². The summed E-state index contributed by atoms with van der Waals surface area (Å²) in [5.74, 6) is 0.314. The summed E-state index contributed by atoms with van der Waals surface area (Å²) in [7, 11) is -3.51. The second-order valence-corrected chi connectivity index (χ2v) is 9.65. The number of rotatable bonds is 10. The minimum atomic E-state index is -3.51. The van der Waals surface area contributed by atoms with E-state index in [9.17, 15) is 13.2 Å². The number of hydrogen-bond acceptors (Lipinski definition) is 4. The molecule has 164 valence electrons. The largest absolute Gasteiger partial charge is 0.484 e. The van der Waals surface area contributed by atoms with Gasteiger partial charge < -0.3 is 10.1 Å². The maximum atomic E-state index is 12.5. The Balaban J connectivity index is 1.94. The normalized spacial score (nSPS) is 12.1. The van der Waals surface area contributed by atoms with Crippen LogP contribution in [0.2, 0.25) is 0 Å². The molecule has 0 atom stereocenters. The average Bonchev–Trinajstić information content (AvgIpc) is 2.73. The van der Waals surface area contributed by atoms with Gasteiger partial charge in [0.15, 0.2) is 6.61 Å². The lowest BCUT2D eigenvalue weighted by atomic mass is 9.82. The van der Waals surface area contributed by atoms with E-state index in [1.165, 1.54) is 22.0 Å². The molecule has 0 radical (unpaired) electrons. The lowest BCUT2D eigenvalue weighted by molar-refractivity contribution is -0.118. The molecule has 0 aliphatic rings. The molecule has 2 aromatic rings. The van der Waals surface area contributed by atoms with Crippen LogP contribution in [0.4, 0.5) is 5.69 Å². The molecule has 0 saturated heterocycles. The fraction of sp³-hybridized carbons (Fsp3) is 0.435. The van der Waals surface area contributed by atoms with E-state index in [2.05, 4.69) is 26.1 Å². The van der Waals surface area contributed by atoms with E-state index in [0.717, 1.165) is 6.42 Å². The Morgan fingerprint density at radius 2 is 1.53 bits per heavy atom. The molecular weight excluding hydrogens is 400 g/mol. The predicted molar refractivity (Wildman–Crippen MR) is 120 cm³/mol. The van der Waals surface area contributed by atoms with Gasteiger partial charge >= 0.3 is 0 Å². The van der Waals surface area contributed by atoms with E-state index >= 15 is 0 Å². The Morgan fingerprint density at radius 3 is 2.03 bits per heavy atom. The van der Waals surface area contributed by atoms with Crippen LogP contribution in [-0.2, 0) is 20.2 Å². The number of amides is 1. The van der Waals surface area contributed by atoms with Crippen LogP contribution in [0.25, 0.3) is 0 Å². The maximum absolute atomic E-state index is 12.5. The van der Waals surface area contributed by atoms with Crippen molar-refractivity contribution in [2.45, 2.75) is 51.3 Å². The summed E-state index contributed by atoms with van der Waals surface area (Å²) in [6.45, 7) is 10.8. The van der Waals surface area contributed by atoms with Gasteiger partial charge in [-0.25, -0.2) is 8.42 Å². The molecule has 0 fully saturated rings. The molecule has 7 heteroatoms. The molecule has 0 spiro atoms. The van der Waals surface area contributed by atoms with Crippen molar-refractivity contribution < 1.29 is 17.9 Å². The van der Waals surface area contributed by atoms with Crippen molar-refractivity contribution >= 4 is 21.6 Å². The number of nitrogens with zero attached hydrogens (tertiary/aromatic N) is 1. The third kappa shape index (κ3) is 5.83. The molecular formula is C23H32N2O4S. The van der Waals surface area contributed by atoms with Crippen molar-refractivity contribution in [3.63, 3.8) is 0 Å². The number of anilines is 1. The number of hydrogen-bond donors (Lipinski definition) is 1. The SMILES string of the molecule is CCN(CC)S(=O)(=O)c1ccc(NC(=O)COc2ccc(C(C)(C)CC)cc2)cc1. The van der Waals surface area contributed by atoms with Gasteiger partial charge in [0.25, 0.3) is 5.91 Å². The zero-order chi connectivity index (χ0) is 22.4. The minimum absolute atomic E-state index is 0.0981. The molecule has 0 unspecified atom stereocenters. The maximum Gasteiger partial charge on any atom is 0.262 e. The highest BCUT2D eigenvalue weighted by atomic mass is 32.2. The third-order valence-corrected chi connectivity index (χ3v) is 7.43. The van der Waals surface area contributed by atoms with Crippen LogP contribution in [0.5, 0.6) is 5.75 Å². The highest BCUT2D eigenvalue weighted by Crippen LogP contribution is 2.28. The van der Waals surface area contributed by atoms with Crippen molar-refractivity contribution in [3.05, 3.63) is 54.1 Å². The fourth-order valence-corrected chi connectivity index (χ4v) is 4.43. The molecule has 0 aliphatic carbocycles. The Kier molecular flexibility index (Phi) is 8.03. The Labute approximate surface area is 180 Å². The van der Waals surface area contributed by atoms with Gasteiger partial charge in [-0.1, -0.05) is 46.8 Å². The molecule has 0 aromatic heterocycles. The summed E-state index contributed by atoms with van der Waals surface area (Å²) in [4.78, 5) is 12.4. The first kappa shape index (κ1) is 23.9. The summed E-state index contributed by atoms with van der Waals surface area (Å²) in [5.41, 5.74) is 1.84. The minimum Gasteiger partial charge on any atom is -0.484 e. The van der Waals surface area contributed by atoms with Crippen molar-refractivity contribution in [3.8, 4) is 5.75 Å². The first-order valence-corrected chi connectivity index (χ1v) is 11.7. The smallest absolute Gasteiger partial charge is 0.262 e. The zero-order valence-electron chi connectivity index (χ0n) is 18.4. The Morgan fingerprint density at radius 1 is 0.967 bits per heavy atom. The van der Waals surface area contributed by atoms with Gasteiger partial charge in [-0.3, -0.25) is 4.79 Å². The summed E-state index contributed by atoms with van der Waals surface area (Å²) in [6, 6.07) is 13.9. The summed E-state index contributed by atoms with van der Waals surface area (Å²) in [5, 5.41) is 2.72. The fourth-order valence-electron chi connectivity index (χ4n) is 2.98. The quantitative estimate of drug-likeness (QED) is 0.603. The Bertz CT molecular complexity index is 932. The third-order valence-electron chi connectivity index (χ3n) is 5.37. The van der Waals surface area contributed by atoms with E-state index in [-0.39, 0.29) is 22.8 Å². The van der Waals surface area contributed by atoms with E-state index in [1.807, 2.05) is 24.3 Å². The van der Waals surface area contributed by atoms with Crippen LogP contribution in [0.15, 0.2) is 53.4 Å². The van der Waals surface area contributed by atoms with Crippen LogP contribution in [0, 0.1) is 0 Å². The van der Waals surface area contributed by atoms with Gasteiger partial charge in [-0.2, -0.15) is 4.31 Å². The molecule has 0 saturated carbocycles. The molecule has 6 nitrogen and oxygen atoms in total. The van der Waals surface area contributed by atoms with Crippen LogP contribution >= 0.6 is 0 Å². The number of ether oxygens (including phenoxy) is 1. The highest BCUT2D eigenvalue weighted by Gasteiger charge is 2.21. The lowest BCUT2D eigenvalue weighted by Crippen LogP contribution is -2.30. The molecule has 0 bridgehead atoms. The number of nitrogens with one attached hydrogen (secondary N) is 1. The predicted octanol–water partition coefficient (Wildman–Crippen LogP) is 4.42. The van der Waals surface area contributed by atoms with Gasteiger partial charge in [-0.05, 0) is 53.8 Å². The molecule has 30 heavy (non-hydrogen) atoms. The number of benzene rings is 2. The van der Waals surface area contributed by atoms with E-state index in [1.54, 1.807) is 26.0 Å². The monoisotopic (exact) mass is 432 g/mol. The second kappa shape index (κ2) is 10.1. The second-order valence-electron chi connectivity index (χ2n) is 7.71. The number of carbonyl (C=O) groups excluding carboxylic acids is 1. The van der Waals surface area contributed by atoms with Crippen LogP contribution in [-0.4, -0.2) is 38.3 Å². The van der Waals surface area contributed by atoms with Crippen molar-refractivity contribution in [2.75, 3.05) is 25.0 Å². The van der Waals surface area contributed by atoms with Gasteiger partial charge in [0.2, 0.25) is 10.0 Å². The lowest BCUT2D eigenvalue weighted by Gasteiger charge is -2.23. The number of carbonyl (C=O) groups is 1. The van der Waals surface area contributed by atoms with Gasteiger partial charge in [0.1, 0.15) is 5.75 Å². The van der Waals surface area contributed by atoms with Crippen molar-refractivity contribution in [1.82, 2.24) is 4.31 Å². The molecule has 0 aliphatic heterocycles. The van der Waals surface area contributed by atoms with Crippen LogP contribution in [0.1, 0.15) is 46.6 Å². The molecule has 1 N–H and O–H groups in total. The number of sulfonamides is 1.